The fourth-order valence-electron chi connectivity index (χ4n) is 6.87. The van der Waals surface area contributed by atoms with Gasteiger partial charge in [-0.3, -0.25) is 0 Å². The van der Waals surface area contributed by atoms with Crippen molar-refractivity contribution < 1.29 is 14.7 Å². The van der Waals surface area contributed by atoms with Gasteiger partial charge in [-0.05, 0) is 86.9 Å². The number of likely N-dealkylation sites (tertiary alicyclic amines) is 1. The minimum atomic E-state index is -0.273. The number of nitrogens with one attached hydrogen (secondary N) is 1. The third-order valence-corrected chi connectivity index (χ3v) is 7.76. The van der Waals surface area contributed by atoms with Crippen LogP contribution in [0.2, 0.25) is 0 Å². The van der Waals surface area contributed by atoms with Gasteiger partial charge < -0.3 is 14.7 Å². The standard InChI is InChI=1S/C21H37NO2/c1-16-2-5-22(6-3-16)14-20(23)15-24-7-4-21-11-17-8-18(12-21)10-19(9-17)13-21/h16-20,23H,2-15H2,1H3/p+1/t17?,18?,19?,20-,21?/m0/s1. The molecule has 24 heavy (non-hydrogen) atoms. The van der Waals surface area contributed by atoms with Crippen LogP contribution in [0.5, 0.6) is 0 Å². The number of quaternary nitrogens is 1. The maximum absolute atomic E-state index is 10.3. The molecule has 5 fully saturated rings. The van der Waals surface area contributed by atoms with E-state index in [1.807, 2.05) is 0 Å². The van der Waals surface area contributed by atoms with Crippen LogP contribution in [0.3, 0.4) is 0 Å². The van der Waals surface area contributed by atoms with Gasteiger partial charge >= 0.3 is 0 Å². The van der Waals surface area contributed by atoms with Crippen molar-refractivity contribution in [2.45, 2.75) is 70.8 Å². The lowest BCUT2D eigenvalue weighted by Crippen LogP contribution is -3.14. The molecule has 1 saturated heterocycles. The molecule has 0 spiro atoms. The molecule has 1 atom stereocenters. The quantitative estimate of drug-likeness (QED) is 0.700. The number of ether oxygens (including phenoxy) is 1. The molecular weight excluding hydrogens is 298 g/mol. The Kier molecular flexibility index (Phi) is 5.22. The molecule has 3 nitrogen and oxygen atoms in total. The second-order valence-electron chi connectivity index (χ2n) is 10.0. The van der Waals surface area contributed by atoms with Crippen molar-refractivity contribution in [3.63, 3.8) is 0 Å². The number of aliphatic hydroxyl groups is 1. The topological polar surface area (TPSA) is 33.9 Å². The molecule has 5 rings (SSSR count). The van der Waals surface area contributed by atoms with Crippen molar-refractivity contribution in [1.29, 1.82) is 0 Å². The Morgan fingerprint density at radius 1 is 1.04 bits per heavy atom. The van der Waals surface area contributed by atoms with Gasteiger partial charge in [-0.1, -0.05) is 6.92 Å². The highest BCUT2D eigenvalue weighted by molar-refractivity contribution is 5.01. The second-order valence-corrected chi connectivity index (χ2v) is 10.0. The summed E-state index contributed by atoms with van der Waals surface area (Å²) in [6.07, 6.45) is 12.6. The molecule has 0 unspecified atom stereocenters. The van der Waals surface area contributed by atoms with E-state index < -0.39 is 0 Å². The molecule has 138 valence electrons. The average molecular weight is 337 g/mol. The normalized spacial score (nSPS) is 45.5. The van der Waals surface area contributed by atoms with Gasteiger partial charge in [-0.2, -0.15) is 0 Å². The van der Waals surface area contributed by atoms with Crippen molar-refractivity contribution in [1.82, 2.24) is 0 Å². The molecule has 1 heterocycles. The van der Waals surface area contributed by atoms with Crippen molar-refractivity contribution in [3.05, 3.63) is 0 Å². The van der Waals surface area contributed by atoms with Gasteiger partial charge in [0.05, 0.1) is 19.7 Å². The van der Waals surface area contributed by atoms with Crippen LogP contribution in [-0.2, 0) is 4.74 Å². The van der Waals surface area contributed by atoms with Crippen LogP contribution < -0.4 is 4.90 Å². The molecular formula is C21H38NO2+. The highest BCUT2D eigenvalue weighted by Gasteiger charge is 2.50. The van der Waals surface area contributed by atoms with E-state index in [2.05, 4.69) is 6.92 Å². The van der Waals surface area contributed by atoms with E-state index in [1.165, 1.54) is 70.9 Å². The van der Waals surface area contributed by atoms with Crippen LogP contribution >= 0.6 is 0 Å². The smallest absolute Gasteiger partial charge is 0.126 e. The van der Waals surface area contributed by atoms with Crippen LogP contribution in [0.15, 0.2) is 0 Å². The number of piperidine rings is 1. The maximum atomic E-state index is 10.3. The van der Waals surface area contributed by atoms with Gasteiger partial charge in [0.2, 0.25) is 0 Å². The molecule has 5 aliphatic rings. The Bertz CT molecular complexity index is 381. The average Bonchev–Trinajstić information content (AvgIpc) is 2.53. The summed E-state index contributed by atoms with van der Waals surface area (Å²) in [6.45, 7) is 7.10. The summed E-state index contributed by atoms with van der Waals surface area (Å²) >= 11 is 0. The van der Waals surface area contributed by atoms with Gasteiger partial charge in [0.1, 0.15) is 12.6 Å². The van der Waals surface area contributed by atoms with Crippen LogP contribution in [0, 0.1) is 29.1 Å². The van der Waals surface area contributed by atoms with Gasteiger partial charge in [0.15, 0.2) is 0 Å². The minimum absolute atomic E-state index is 0.273. The molecule has 4 aliphatic carbocycles. The first-order valence-electron chi connectivity index (χ1n) is 10.7. The van der Waals surface area contributed by atoms with Crippen LogP contribution in [0.25, 0.3) is 0 Å². The van der Waals surface area contributed by atoms with Crippen LogP contribution in [0.1, 0.15) is 64.7 Å². The number of rotatable bonds is 7. The Hall–Kier alpha value is -0.120. The van der Waals surface area contributed by atoms with Crippen LogP contribution in [-0.4, -0.2) is 44.1 Å². The van der Waals surface area contributed by atoms with E-state index in [1.54, 1.807) is 4.90 Å². The summed E-state index contributed by atoms with van der Waals surface area (Å²) in [4.78, 5) is 1.57. The molecule has 4 bridgehead atoms. The summed E-state index contributed by atoms with van der Waals surface area (Å²) in [5.74, 6) is 3.98. The summed E-state index contributed by atoms with van der Waals surface area (Å²) in [7, 11) is 0. The first kappa shape index (κ1) is 17.3. The van der Waals surface area contributed by atoms with Crippen molar-refractivity contribution in [3.8, 4) is 0 Å². The van der Waals surface area contributed by atoms with E-state index >= 15 is 0 Å². The highest BCUT2D eigenvalue weighted by atomic mass is 16.5. The first-order valence-corrected chi connectivity index (χ1v) is 10.7. The Morgan fingerprint density at radius 3 is 2.21 bits per heavy atom. The van der Waals surface area contributed by atoms with Gasteiger partial charge in [-0.25, -0.2) is 0 Å². The minimum Gasteiger partial charge on any atom is -0.385 e. The predicted octanol–water partition coefficient (Wildman–Crippen LogP) is 2.29. The SMILES string of the molecule is CC1CC[NH+](C[C@H](O)COCCC23CC4CC(CC(C4)C2)C3)CC1. The molecule has 0 aromatic heterocycles. The molecule has 3 heteroatoms. The molecule has 2 N–H and O–H groups in total. The van der Waals surface area contributed by atoms with Crippen LogP contribution in [0.4, 0.5) is 0 Å². The molecule has 0 radical (unpaired) electrons. The molecule has 0 aromatic rings. The number of aliphatic hydroxyl groups excluding tert-OH is 1. The van der Waals surface area contributed by atoms with Crippen molar-refractivity contribution in [2.75, 3.05) is 32.8 Å². The zero-order valence-corrected chi connectivity index (χ0v) is 15.6. The summed E-state index contributed by atoms with van der Waals surface area (Å²) in [5, 5.41) is 10.3. The Morgan fingerprint density at radius 2 is 1.62 bits per heavy atom. The third-order valence-electron chi connectivity index (χ3n) is 7.76. The van der Waals surface area contributed by atoms with Crippen molar-refractivity contribution >= 4 is 0 Å². The summed E-state index contributed by atoms with van der Waals surface area (Å²) in [6, 6.07) is 0. The number of hydrogen-bond donors (Lipinski definition) is 2. The monoisotopic (exact) mass is 336 g/mol. The first-order chi connectivity index (χ1) is 11.6. The summed E-state index contributed by atoms with van der Waals surface area (Å²) < 4.78 is 5.93. The fourth-order valence-corrected chi connectivity index (χ4v) is 6.87. The number of hydrogen-bond acceptors (Lipinski definition) is 2. The molecule has 4 saturated carbocycles. The lowest BCUT2D eigenvalue weighted by Gasteiger charge is -2.57. The largest absolute Gasteiger partial charge is 0.385 e. The maximum Gasteiger partial charge on any atom is 0.126 e. The lowest BCUT2D eigenvalue weighted by atomic mass is 9.49. The van der Waals surface area contributed by atoms with E-state index in [0.717, 1.165) is 36.8 Å². The van der Waals surface area contributed by atoms with Gasteiger partial charge in [0.25, 0.3) is 0 Å². The molecule has 1 aliphatic heterocycles. The zero-order chi connectivity index (χ0) is 16.6. The lowest BCUT2D eigenvalue weighted by molar-refractivity contribution is -0.909. The third kappa shape index (κ3) is 3.99. The predicted molar refractivity (Wildman–Crippen MR) is 96.0 cm³/mol. The van der Waals surface area contributed by atoms with E-state index in [9.17, 15) is 5.11 Å². The second kappa shape index (κ2) is 7.25. The van der Waals surface area contributed by atoms with Crippen molar-refractivity contribution in [2.24, 2.45) is 29.1 Å². The fraction of sp³-hybridized carbons (Fsp3) is 1.00. The molecule has 0 amide bonds. The Labute approximate surface area is 148 Å². The van der Waals surface area contributed by atoms with Gasteiger partial charge in [0, 0.05) is 6.61 Å². The van der Waals surface area contributed by atoms with E-state index in [0.29, 0.717) is 12.0 Å². The Balaban J connectivity index is 1.14. The summed E-state index contributed by atoms with van der Waals surface area (Å²) in [5.41, 5.74) is 0.619. The van der Waals surface area contributed by atoms with E-state index in [-0.39, 0.29) is 6.10 Å². The van der Waals surface area contributed by atoms with E-state index in [4.69, 9.17) is 4.74 Å². The molecule has 0 aromatic carbocycles. The van der Waals surface area contributed by atoms with Gasteiger partial charge in [-0.15, -0.1) is 0 Å². The highest BCUT2D eigenvalue weighted by Crippen LogP contribution is 2.61. The zero-order valence-electron chi connectivity index (χ0n) is 15.6.